The summed E-state index contributed by atoms with van der Waals surface area (Å²) in [5.41, 5.74) is 0.470. The molecule has 4 nitrogen and oxygen atoms in total. The van der Waals surface area contributed by atoms with Gasteiger partial charge in [0.2, 0.25) is 5.91 Å². The fraction of sp³-hybridized carbons (Fsp3) is 0.429. The van der Waals surface area contributed by atoms with Crippen molar-refractivity contribution in [2.45, 2.75) is 32.9 Å². The second-order valence-corrected chi connectivity index (χ2v) is 5.97. The predicted molar refractivity (Wildman–Crippen MR) is 80.2 cm³/mol. The highest BCUT2D eigenvalue weighted by molar-refractivity contribution is 6.44. The fourth-order valence-electron chi connectivity index (χ4n) is 2.25. The van der Waals surface area contributed by atoms with E-state index in [0.717, 1.165) is 0 Å². The third-order valence-electron chi connectivity index (χ3n) is 3.43. The number of benzene rings is 1. The molecular weight excluding hydrogens is 299 g/mol. The van der Waals surface area contributed by atoms with E-state index in [1.165, 1.54) is 4.90 Å². The van der Waals surface area contributed by atoms with Crippen LogP contribution < -0.4 is 10.2 Å². The lowest BCUT2D eigenvalue weighted by Crippen LogP contribution is -2.64. The van der Waals surface area contributed by atoms with E-state index in [4.69, 9.17) is 23.2 Å². The molecule has 1 fully saturated rings. The molecule has 0 saturated carbocycles. The molecule has 1 aromatic rings. The number of rotatable bonds is 2. The molecule has 2 unspecified atom stereocenters. The Balaban J connectivity index is 2.49. The molecule has 2 rings (SSSR count). The molecule has 0 spiro atoms. The van der Waals surface area contributed by atoms with Crippen molar-refractivity contribution in [2.24, 2.45) is 5.92 Å². The summed E-state index contributed by atoms with van der Waals surface area (Å²) in [5, 5.41) is 3.38. The molecule has 0 radical (unpaired) electrons. The zero-order chi connectivity index (χ0) is 15.0. The predicted octanol–water partition coefficient (Wildman–Crippen LogP) is 2.87. The SMILES string of the molecule is CC(C)C1NC(=O)C(C)N(c2cccc(Cl)c2Cl)C1=O. The Morgan fingerprint density at radius 3 is 2.50 bits per heavy atom. The van der Waals surface area contributed by atoms with E-state index < -0.39 is 12.1 Å². The van der Waals surface area contributed by atoms with Crippen molar-refractivity contribution >= 4 is 40.7 Å². The van der Waals surface area contributed by atoms with E-state index in [0.29, 0.717) is 10.7 Å². The highest BCUT2D eigenvalue weighted by Crippen LogP contribution is 2.35. The zero-order valence-corrected chi connectivity index (χ0v) is 13.0. The average Bonchev–Trinajstić information content (AvgIpc) is 2.38. The number of carbonyl (C=O) groups is 2. The fourth-order valence-corrected chi connectivity index (χ4v) is 2.64. The van der Waals surface area contributed by atoms with Gasteiger partial charge in [0.15, 0.2) is 0 Å². The molecule has 2 amide bonds. The highest BCUT2D eigenvalue weighted by atomic mass is 35.5. The van der Waals surface area contributed by atoms with Crippen molar-refractivity contribution in [1.29, 1.82) is 0 Å². The molecule has 1 heterocycles. The normalized spacial score (nSPS) is 23.2. The van der Waals surface area contributed by atoms with Gasteiger partial charge < -0.3 is 5.32 Å². The Labute approximate surface area is 128 Å². The van der Waals surface area contributed by atoms with Crippen LogP contribution in [0.1, 0.15) is 20.8 Å². The first-order valence-corrected chi connectivity index (χ1v) is 7.17. The molecule has 108 valence electrons. The van der Waals surface area contributed by atoms with Crippen LogP contribution >= 0.6 is 23.2 Å². The van der Waals surface area contributed by atoms with Crippen molar-refractivity contribution < 1.29 is 9.59 Å². The number of amides is 2. The summed E-state index contributed by atoms with van der Waals surface area (Å²) >= 11 is 12.2. The standard InChI is InChI=1S/C14H16Cl2N2O2/c1-7(2)12-14(20)18(8(3)13(19)17-12)10-6-4-5-9(15)11(10)16/h4-8,12H,1-3H3,(H,17,19). The van der Waals surface area contributed by atoms with Gasteiger partial charge in [-0.1, -0.05) is 43.1 Å². The maximum absolute atomic E-state index is 12.6. The quantitative estimate of drug-likeness (QED) is 0.912. The summed E-state index contributed by atoms with van der Waals surface area (Å²) < 4.78 is 0. The average molecular weight is 315 g/mol. The number of hydrogen-bond donors (Lipinski definition) is 1. The zero-order valence-electron chi connectivity index (χ0n) is 11.5. The van der Waals surface area contributed by atoms with Gasteiger partial charge in [-0.25, -0.2) is 0 Å². The van der Waals surface area contributed by atoms with Crippen LogP contribution in [0.5, 0.6) is 0 Å². The Kier molecular flexibility index (Phi) is 4.25. The van der Waals surface area contributed by atoms with Gasteiger partial charge in [0.25, 0.3) is 5.91 Å². The number of hydrogen-bond acceptors (Lipinski definition) is 2. The number of anilines is 1. The van der Waals surface area contributed by atoms with Gasteiger partial charge in [0, 0.05) is 0 Å². The topological polar surface area (TPSA) is 49.4 Å². The summed E-state index contributed by atoms with van der Waals surface area (Å²) in [7, 11) is 0. The van der Waals surface area contributed by atoms with E-state index >= 15 is 0 Å². The van der Waals surface area contributed by atoms with Gasteiger partial charge in [-0.3, -0.25) is 14.5 Å². The molecular formula is C14H16Cl2N2O2. The molecule has 1 aliphatic rings. The molecule has 1 aromatic carbocycles. The summed E-state index contributed by atoms with van der Waals surface area (Å²) in [6.07, 6.45) is 0. The minimum absolute atomic E-state index is 0.000547. The van der Waals surface area contributed by atoms with Crippen molar-refractivity contribution in [1.82, 2.24) is 5.32 Å². The Bertz CT molecular complexity index is 560. The van der Waals surface area contributed by atoms with E-state index in [9.17, 15) is 9.59 Å². The molecule has 20 heavy (non-hydrogen) atoms. The molecule has 0 bridgehead atoms. The number of nitrogens with one attached hydrogen (secondary N) is 1. The smallest absolute Gasteiger partial charge is 0.250 e. The molecule has 0 aliphatic carbocycles. The van der Waals surface area contributed by atoms with E-state index in [2.05, 4.69) is 5.32 Å². The Morgan fingerprint density at radius 1 is 1.25 bits per heavy atom. The van der Waals surface area contributed by atoms with Crippen molar-refractivity contribution in [3.8, 4) is 0 Å². The number of carbonyl (C=O) groups excluding carboxylic acids is 2. The van der Waals surface area contributed by atoms with Gasteiger partial charge in [-0.05, 0) is 25.0 Å². The second kappa shape index (κ2) is 5.62. The van der Waals surface area contributed by atoms with Crippen molar-refractivity contribution in [3.63, 3.8) is 0 Å². The van der Waals surface area contributed by atoms with E-state index in [1.54, 1.807) is 25.1 Å². The van der Waals surface area contributed by atoms with Gasteiger partial charge >= 0.3 is 0 Å². The van der Waals surface area contributed by atoms with Crippen LogP contribution in [0.4, 0.5) is 5.69 Å². The minimum atomic E-state index is -0.617. The third kappa shape index (κ3) is 2.50. The largest absolute Gasteiger partial charge is 0.342 e. The first kappa shape index (κ1) is 15.1. The summed E-state index contributed by atoms with van der Waals surface area (Å²) in [6.45, 7) is 5.44. The lowest BCUT2D eigenvalue weighted by atomic mass is 9.98. The lowest BCUT2D eigenvalue weighted by molar-refractivity contribution is -0.134. The Morgan fingerprint density at radius 2 is 1.90 bits per heavy atom. The van der Waals surface area contributed by atoms with Gasteiger partial charge in [-0.2, -0.15) is 0 Å². The van der Waals surface area contributed by atoms with Gasteiger partial charge in [-0.15, -0.1) is 0 Å². The van der Waals surface area contributed by atoms with E-state index in [-0.39, 0.29) is 22.8 Å². The van der Waals surface area contributed by atoms with Gasteiger partial charge in [0.1, 0.15) is 12.1 Å². The van der Waals surface area contributed by atoms with E-state index in [1.807, 2.05) is 13.8 Å². The maximum Gasteiger partial charge on any atom is 0.250 e. The lowest BCUT2D eigenvalue weighted by Gasteiger charge is -2.39. The van der Waals surface area contributed by atoms with Crippen LogP contribution in [0.3, 0.4) is 0 Å². The van der Waals surface area contributed by atoms with Crippen LogP contribution in [0.2, 0.25) is 10.0 Å². The minimum Gasteiger partial charge on any atom is -0.342 e. The summed E-state index contributed by atoms with van der Waals surface area (Å²) in [4.78, 5) is 26.1. The first-order valence-electron chi connectivity index (χ1n) is 6.42. The van der Waals surface area contributed by atoms with Crippen LogP contribution in [-0.2, 0) is 9.59 Å². The Hall–Kier alpha value is -1.26. The third-order valence-corrected chi connectivity index (χ3v) is 4.23. The molecule has 1 saturated heterocycles. The number of piperazine rings is 1. The molecule has 2 atom stereocenters. The monoisotopic (exact) mass is 314 g/mol. The van der Waals surface area contributed by atoms with Crippen molar-refractivity contribution in [3.05, 3.63) is 28.2 Å². The maximum atomic E-state index is 12.6. The molecule has 6 heteroatoms. The number of nitrogens with zero attached hydrogens (tertiary/aromatic N) is 1. The molecule has 1 N–H and O–H groups in total. The van der Waals surface area contributed by atoms with Crippen LogP contribution in [0.25, 0.3) is 0 Å². The summed E-state index contributed by atoms with van der Waals surface area (Å²) in [6, 6.07) is 3.88. The second-order valence-electron chi connectivity index (χ2n) is 5.19. The summed E-state index contributed by atoms with van der Waals surface area (Å²) in [5.74, 6) is -0.366. The molecule has 0 aromatic heterocycles. The first-order chi connectivity index (χ1) is 9.34. The van der Waals surface area contributed by atoms with Crippen LogP contribution in [0.15, 0.2) is 18.2 Å². The molecule has 1 aliphatic heterocycles. The highest BCUT2D eigenvalue weighted by Gasteiger charge is 2.41. The van der Waals surface area contributed by atoms with Crippen LogP contribution in [0, 0.1) is 5.92 Å². The number of halogens is 2. The van der Waals surface area contributed by atoms with Crippen molar-refractivity contribution in [2.75, 3.05) is 4.90 Å². The van der Waals surface area contributed by atoms with Crippen LogP contribution in [-0.4, -0.2) is 23.9 Å². The van der Waals surface area contributed by atoms with Gasteiger partial charge in [0.05, 0.1) is 15.7 Å².